The maximum absolute atomic E-state index is 12.4. The van der Waals surface area contributed by atoms with Crippen molar-refractivity contribution < 1.29 is 13.2 Å². The first kappa shape index (κ1) is 22.9. The van der Waals surface area contributed by atoms with E-state index in [0.717, 1.165) is 25.6 Å². The standard InChI is InChI=1S/C16H32N4O3S.HI/c1-4-17-16(19-12-14(2)11-15(3)13-19)18-5-10-24(21,22)20-6-8-23-9-7-20;/h14-15H,4-13H2,1-3H3,(H,17,18);1H. The quantitative estimate of drug-likeness (QED) is 0.358. The first-order valence-corrected chi connectivity index (χ1v) is 10.6. The van der Waals surface area contributed by atoms with Gasteiger partial charge in [0.1, 0.15) is 0 Å². The number of sulfonamides is 1. The fourth-order valence-corrected chi connectivity index (χ4v) is 4.77. The van der Waals surface area contributed by atoms with Crippen LogP contribution in [0.3, 0.4) is 0 Å². The van der Waals surface area contributed by atoms with Gasteiger partial charge >= 0.3 is 0 Å². The summed E-state index contributed by atoms with van der Waals surface area (Å²) < 4.78 is 31.5. The summed E-state index contributed by atoms with van der Waals surface area (Å²) in [5, 5.41) is 3.31. The predicted molar refractivity (Wildman–Crippen MR) is 112 cm³/mol. The molecule has 0 spiro atoms. The van der Waals surface area contributed by atoms with E-state index in [1.807, 2.05) is 6.92 Å². The summed E-state index contributed by atoms with van der Waals surface area (Å²) in [6.45, 7) is 11.5. The van der Waals surface area contributed by atoms with Crippen LogP contribution in [0.25, 0.3) is 0 Å². The normalized spacial score (nSPS) is 26.2. The Morgan fingerprint density at radius 2 is 1.80 bits per heavy atom. The molecular weight excluding hydrogens is 455 g/mol. The number of aliphatic imine (C=N–C) groups is 1. The number of piperidine rings is 1. The van der Waals surface area contributed by atoms with Gasteiger partial charge in [0.05, 0.1) is 25.5 Å². The van der Waals surface area contributed by atoms with E-state index >= 15 is 0 Å². The topological polar surface area (TPSA) is 74.2 Å². The second-order valence-electron chi connectivity index (χ2n) is 6.91. The Morgan fingerprint density at radius 1 is 1.20 bits per heavy atom. The lowest BCUT2D eigenvalue weighted by Crippen LogP contribution is -2.48. The highest BCUT2D eigenvalue weighted by Gasteiger charge is 2.26. The molecule has 148 valence electrons. The van der Waals surface area contributed by atoms with E-state index in [-0.39, 0.29) is 29.7 Å². The lowest BCUT2D eigenvalue weighted by Gasteiger charge is -2.37. The molecule has 2 unspecified atom stereocenters. The summed E-state index contributed by atoms with van der Waals surface area (Å²) in [6.07, 6.45) is 1.24. The zero-order valence-corrected chi connectivity index (χ0v) is 18.8. The second kappa shape index (κ2) is 10.9. The lowest BCUT2D eigenvalue weighted by molar-refractivity contribution is 0.0731. The molecule has 0 saturated carbocycles. The van der Waals surface area contributed by atoms with E-state index in [0.29, 0.717) is 44.7 Å². The Labute approximate surface area is 169 Å². The van der Waals surface area contributed by atoms with Crippen LogP contribution in [0.5, 0.6) is 0 Å². The molecule has 2 saturated heterocycles. The highest BCUT2D eigenvalue weighted by molar-refractivity contribution is 14.0. The number of hydrogen-bond donors (Lipinski definition) is 1. The third kappa shape index (κ3) is 7.18. The molecule has 0 aromatic carbocycles. The van der Waals surface area contributed by atoms with Crippen LogP contribution in [0.2, 0.25) is 0 Å². The fourth-order valence-electron chi connectivity index (χ4n) is 3.48. The van der Waals surface area contributed by atoms with E-state index in [1.54, 1.807) is 0 Å². The van der Waals surface area contributed by atoms with E-state index < -0.39 is 10.0 Å². The van der Waals surface area contributed by atoms with Gasteiger partial charge in [-0.05, 0) is 25.2 Å². The lowest BCUT2D eigenvalue weighted by atomic mass is 9.92. The molecule has 2 rings (SSSR count). The number of likely N-dealkylation sites (tertiary alicyclic amines) is 1. The number of morpholine rings is 1. The number of rotatable bonds is 5. The summed E-state index contributed by atoms with van der Waals surface area (Å²) >= 11 is 0. The molecule has 0 aromatic heterocycles. The molecule has 0 aliphatic carbocycles. The minimum atomic E-state index is -3.25. The van der Waals surface area contributed by atoms with Crippen LogP contribution in [-0.2, 0) is 14.8 Å². The van der Waals surface area contributed by atoms with Crippen LogP contribution in [0, 0.1) is 11.8 Å². The summed E-state index contributed by atoms with van der Waals surface area (Å²) in [6, 6.07) is 0. The van der Waals surface area contributed by atoms with E-state index in [2.05, 4.69) is 29.1 Å². The van der Waals surface area contributed by atoms with E-state index in [4.69, 9.17) is 4.74 Å². The van der Waals surface area contributed by atoms with Gasteiger partial charge in [0.15, 0.2) is 5.96 Å². The van der Waals surface area contributed by atoms with E-state index in [1.165, 1.54) is 10.7 Å². The average Bonchev–Trinajstić information content (AvgIpc) is 2.54. The monoisotopic (exact) mass is 488 g/mol. The van der Waals surface area contributed by atoms with Crippen molar-refractivity contribution in [1.82, 2.24) is 14.5 Å². The van der Waals surface area contributed by atoms with Crippen LogP contribution in [0.1, 0.15) is 27.2 Å². The van der Waals surface area contributed by atoms with Crippen LogP contribution < -0.4 is 5.32 Å². The zero-order chi connectivity index (χ0) is 17.6. The molecule has 2 heterocycles. The van der Waals surface area contributed by atoms with Crippen LogP contribution >= 0.6 is 24.0 Å². The fraction of sp³-hybridized carbons (Fsp3) is 0.938. The molecule has 0 aromatic rings. The second-order valence-corrected chi connectivity index (χ2v) is 9.00. The maximum atomic E-state index is 12.4. The Morgan fingerprint density at radius 3 is 2.36 bits per heavy atom. The summed E-state index contributed by atoms with van der Waals surface area (Å²) in [5.41, 5.74) is 0. The maximum Gasteiger partial charge on any atom is 0.216 e. The zero-order valence-electron chi connectivity index (χ0n) is 15.6. The number of guanidine groups is 1. The first-order valence-electron chi connectivity index (χ1n) is 9.01. The van der Waals surface area contributed by atoms with Crippen molar-refractivity contribution in [3.8, 4) is 0 Å². The van der Waals surface area contributed by atoms with Crippen molar-refractivity contribution in [2.75, 3.05) is 58.2 Å². The SMILES string of the molecule is CCNC(=NCCS(=O)(=O)N1CCOCC1)N1CC(C)CC(C)C1.I. The summed E-state index contributed by atoms with van der Waals surface area (Å²) in [4.78, 5) is 6.85. The molecule has 2 aliphatic heterocycles. The molecular formula is C16H33IN4O3S. The van der Waals surface area contributed by atoms with Gasteiger partial charge in [-0.15, -0.1) is 24.0 Å². The van der Waals surface area contributed by atoms with E-state index in [9.17, 15) is 8.42 Å². The number of hydrogen-bond acceptors (Lipinski definition) is 4. The number of ether oxygens (including phenoxy) is 1. The summed E-state index contributed by atoms with van der Waals surface area (Å²) in [7, 11) is -3.25. The van der Waals surface area contributed by atoms with Gasteiger partial charge in [0.25, 0.3) is 0 Å². The Kier molecular flexibility index (Phi) is 9.97. The molecule has 9 heteroatoms. The van der Waals surface area contributed by atoms with Crippen molar-refractivity contribution >= 4 is 40.0 Å². The molecule has 2 atom stereocenters. The molecule has 0 radical (unpaired) electrons. The van der Waals surface area contributed by atoms with Crippen molar-refractivity contribution in [2.24, 2.45) is 16.8 Å². The number of nitrogens with zero attached hydrogens (tertiary/aromatic N) is 3. The van der Waals surface area contributed by atoms with Gasteiger partial charge in [-0.2, -0.15) is 4.31 Å². The molecule has 1 N–H and O–H groups in total. The highest BCUT2D eigenvalue weighted by Crippen LogP contribution is 2.20. The van der Waals surface area contributed by atoms with Gasteiger partial charge in [-0.25, -0.2) is 8.42 Å². The first-order chi connectivity index (χ1) is 11.4. The van der Waals surface area contributed by atoms with Crippen LogP contribution in [0.15, 0.2) is 4.99 Å². The van der Waals surface area contributed by atoms with Crippen molar-refractivity contribution in [3.05, 3.63) is 0 Å². The highest BCUT2D eigenvalue weighted by atomic mass is 127. The molecule has 25 heavy (non-hydrogen) atoms. The largest absolute Gasteiger partial charge is 0.379 e. The summed E-state index contributed by atoms with van der Waals surface area (Å²) in [5.74, 6) is 2.17. The Balaban J connectivity index is 0.00000312. The van der Waals surface area contributed by atoms with Gasteiger partial charge in [0, 0.05) is 32.7 Å². The minimum Gasteiger partial charge on any atom is -0.379 e. The average molecular weight is 488 g/mol. The molecule has 0 bridgehead atoms. The molecule has 0 amide bonds. The Hall–Kier alpha value is -0.130. The number of halogens is 1. The minimum absolute atomic E-state index is 0. The Bertz CT molecular complexity index is 513. The predicted octanol–water partition coefficient (Wildman–Crippen LogP) is 1.21. The third-order valence-electron chi connectivity index (χ3n) is 4.48. The van der Waals surface area contributed by atoms with Crippen LogP contribution in [-0.4, -0.2) is 81.8 Å². The third-order valence-corrected chi connectivity index (χ3v) is 6.33. The van der Waals surface area contributed by atoms with Gasteiger partial charge < -0.3 is 15.0 Å². The molecule has 2 aliphatic rings. The molecule has 7 nitrogen and oxygen atoms in total. The van der Waals surface area contributed by atoms with Crippen molar-refractivity contribution in [3.63, 3.8) is 0 Å². The molecule has 2 fully saturated rings. The van der Waals surface area contributed by atoms with Crippen molar-refractivity contribution in [2.45, 2.75) is 27.2 Å². The van der Waals surface area contributed by atoms with Gasteiger partial charge in [0.2, 0.25) is 10.0 Å². The van der Waals surface area contributed by atoms with Gasteiger partial charge in [-0.1, -0.05) is 13.8 Å². The smallest absolute Gasteiger partial charge is 0.216 e. The van der Waals surface area contributed by atoms with Crippen LogP contribution in [0.4, 0.5) is 0 Å². The number of nitrogens with one attached hydrogen (secondary N) is 1. The van der Waals surface area contributed by atoms with Crippen molar-refractivity contribution in [1.29, 1.82) is 0 Å². The van der Waals surface area contributed by atoms with Gasteiger partial charge in [-0.3, -0.25) is 4.99 Å².